The highest BCUT2D eigenvalue weighted by atomic mass is 16.4. The van der Waals surface area contributed by atoms with Gasteiger partial charge in [-0.25, -0.2) is 9.97 Å². The van der Waals surface area contributed by atoms with Crippen molar-refractivity contribution in [2.75, 3.05) is 39.3 Å². The number of hydrogen-bond acceptors (Lipinski definition) is 9. The number of rotatable bonds is 18. The molecule has 8 N–H and O–H groups in total. The highest BCUT2D eigenvalue weighted by Gasteiger charge is 2.33. The minimum atomic E-state index is -0.763. The standard InChI is InChI=1S/C44H54N8O6/c53-42(54)33(30-8-11-45-20-30)15-26-2-1-3-29(14-26)23-52(24-40-48-36-6-4-27(18-38(36)50-40)16-34(43(55)56)31-9-12-46-21-31)25-41-49-37-7-5-28(19-39(37)51-41)17-35(44(57)58)32-10-13-47-22-32/h1-7,14,18-19,30-35,45-47H,8-13,15-17,20-25H2,(H,48,50)(H,49,51)(H,53,54)(H,55,56)(H,57,58)/t30-,31-,32-,33-,34-,35-/m0/s1. The average Bonchev–Trinajstić information content (AvgIpc) is 4.05. The number of carbonyl (C=O) groups is 3. The van der Waals surface area contributed by atoms with Gasteiger partial charge in [0.1, 0.15) is 11.6 Å². The van der Waals surface area contributed by atoms with Crippen molar-refractivity contribution in [1.82, 2.24) is 40.8 Å². The molecular formula is C44H54N8O6. The zero-order valence-corrected chi connectivity index (χ0v) is 32.8. The van der Waals surface area contributed by atoms with Crippen LogP contribution in [0.3, 0.4) is 0 Å². The van der Waals surface area contributed by atoms with Crippen LogP contribution in [0.5, 0.6) is 0 Å². The summed E-state index contributed by atoms with van der Waals surface area (Å²) in [5, 5.41) is 40.1. The lowest BCUT2D eigenvalue weighted by atomic mass is 9.86. The first-order chi connectivity index (χ1) is 28.1. The summed E-state index contributed by atoms with van der Waals surface area (Å²) in [5.74, 6) is -1.82. The lowest BCUT2D eigenvalue weighted by Crippen LogP contribution is -2.27. The summed E-state index contributed by atoms with van der Waals surface area (Å²) < 4.78 is 0. The molecule has 14 heteroatoms. The van der Waals surface area contributed by atoms with Gasteiger partial charge in [-0.15, -0.1) is 0 Å². The van der Waals surface area contributed by atoms with Gasteiger partial charge in [0.05, 0.1) is 52.9 Å². The third-order valence-corrected chi connectivity index (χ3v) is 12.7. The monoisotopic (exact) mass is 790 g/mol. The molecule has 14 nitrogen and oxygen atoms in total. The minimum Gasteiger partial charge on any atom is -0.481 e. The van der Waals surface area contributed by atoms with Gasteiger partial charge in [0, 0.05) is 6.54 Å². The highest BCUT2D eigenvalue weighted by molar-refractivity contribution is 5.78. The first kappa shape index (κ1) is 39.7. The minimum absolute atomic E-state index is 0.101. The predicted molar refractivity (Wildman–Crippen MR) is 219 cm³/mol. The summed E-state index contributed by atoms with van der Waals surface area (Å²) in [7, 11) is 0. The number of aromatic amines is 2. The van der Waals surface area contributed by atoms with Crippen molar-refractivity contribution in [2.24, 2.45) is 35.5 Å². The number of nitrogens with zero attached hydrogens (tertiary/aromatic N) is 3. The summed E-state index contributed by atoms with van der Waals surface area (Å²) in [5.41, 5.74) is 7.28. The maximum absolute atomic E-state index is 12.3. The topological polar surface area (TPSA) is 209 Å². The Morgan fingerprint density at radius 2 is 0.983 bits per heavy atom. The second kappa shape index (κ2) is 17.8. The highest BCUT2D eigenvalue weighted by Crippen LogP contribution is 2.28. The van der Waals surface area contributed by atoms with E-state index in [1.54, 1.807) is 0 Å². The number of imidazole rings is 2. The van der Waals surface area contributed by atoms with E-state index < -0.39 is 35.7 Å². The van der Waals surface area contributed by atoms with Gasteiger partial charge in [-0.2, -0.15) is 0 Å². The third-order valence-electron chi connectivity index (χ3n) is 12.7. The second-order valence-corrected chi connectivity index (χ2v) is 16.7. The number of carboxylic acids is 3. The van der Waals surface area contributed by atoms with Gasteiger partial charge in [-0.1, -0.05) is 36.4 Å². The van der Waals surface area contributed by atoms with Crippen LogP contribution in [0.1, 0.15) is 53.2 Å². The summed E-state index contributed by atoms with van der Waals surface area (Å²) in [6, 6.07) is 20.1. The number of aromatic nitrogens is 4. The Labute approximate surface area is 337 Å². The van der Waals surface area contributed by atoms with Crippen LogP contribution in [-0.4, -0.2) is 97.3 Å². The molecule has 0 amide bonds. The largest absolute Gasteiger partial charge is 0.481 e. The van der Waals surface area contributed by atoms with Crippen LogP contribution in [0.25, 0.3) is 22.1 Å². The van der Waals surface area contributed by atoms with E-state index in [1.165, 1.54) is 0 Å². The van der Waals surface area contributed by atoms with Crippen LogP contribution in [0.4, 0.5) is 0 Å². The smallest absolute Gasteiger partial charge is 0.307 e. The van der Waals surface area contributed by atoms with Crippen LogP contribution >= 0.6 is 0 Å². The molecule has 306 valence electrons. The van der Waals surface area contributed by atoms with E-state index in [1.807, 2.05) is 48.5 Å². The number of hydrogen-bond donors (Lipinski definition) is 8. The molecule has 0 saturated carbocycles. The van der Waals surface area contributed by atoms with Crippen molar-refractivity contribution in [3.05, 3.63) is 94.6 Å². The molecule has 5 aromatic rings. The fourth-order valence-electron chi connectivity index (χ4n) is 9.52. The maximum Gasteiger partial charge on any atom is 0.307 e. The van der Waals surface area contributed by atoms with Gasteiger partial charge >= 0.3 is 17.9 Å². The molecule has 0 aliphatic carbocycles. The number of carboxylic acid groups (broad SMARTS) is 3. The number of benzene rings is 3. The lowest BCUT2D eigenvalue weighted by Gasteiger charge is -2.22. The van der Waals surface area contributed by atoms with Crippen LogP contribution in [0.2, 0.25) is 0 Å². The van der Waals surface area contributed by atoms with Crippen LogP contribution in [-0.2, 0) is 53.3 Å². The van der Waals surface area contributed by atoms with Crippen molar-refractivity contribution in [2.45, 2.75) is 58.2 Å². The predicted octanol–water partition coefficient (Wildman–Crippen LogP) is 4.20. The summed E-state index contributed by atoms with van der Waals surface area (Å²) >= 11 is 0. The van der Waals surface area contributed by atoms with Gasteiger partial charge in [-0.3, -0.25) is 19.3 Å². The molecule has 3 saturated heterocycles. The van der Waals surface area contributed by atoms with Crippen molar-refractivity contribution >= 4 is 40.0 Å². The third kappa shape index (κ3) is 9.42. The van der Waals surface area contributed by atoms with E-state index in [0.717, 1.165) is 115 Å². The molecule has 2 aromatic heterocycles. The van der Waals surface area contributed by atoms with E-state index in [0.29, 0.717) is 38.9 Å². The van der Waals surface area contributed by atoms with Gasteiger partial charge in [0.15, 0.2) is 0 Å². The molecule has 3 aliphatic rings. The Bertz CT molecular complexity index is 2120. The van der Waals surface area contributed by atoms with Gasteiger partial charge in [0.25, 0.3) is 0 Å². The van der Waals surface area contributed by atoms with Crippen LogP contribution in [0.15, 0.2) is 60.7 Å². The number of aliphatic carboxylic acids is 3. The van der Waals surface area contributed by atoms with Crippen molar-refractivity contribution < 1.29 is 29.7 Å². The number of nitrogens with one attached hydrogen (secondary N) is 5. The molecular weight excluding hydrogens is 737 g/mol. The second-order valence-electron chi connectivity index (χ2n) is 16.7. The fraction of sp³-hybridized carbons (Fsp3) is 0.477. The van der Waals surface area contributed by atoms with E-state index in [4.69, 9.17) is 9.97 Å². The zero-order valence-electron chi connectivity index (χ0n) is 32.8. The average molecular weight is 791 g/mol. The molecule has 5 heterocycles. The quantitative estimate of drug-likeness (QED) is 0.0629. The lowest BCUT2D eigenvalue weighted by molar-refractivity contribution is -0.144. The molecule has 58 heavy (non-hydrogen) atoms. The first-order valence-corrected chi connectivity index (χ1v) is 20.7. The summed E-state index contributed by atoms with van der Waals surface area (Å²) in [4.78, 5) is 55.9. The Morgan fingerprint density at radius 1 is 0.569 bits per heavy atom. The molecule has 3 aliphatic heterocycles. The zero-order chi connectivity index (χ0) is 40.2. The Balaban J connectivity index is 1.04. The molecule has 3 fully saturated rings. The Hall–Kier alpha value is -5.15. The van der Waals surface area contributed by atoms with Crippen LogP contribution < -0.4 is 16.0 Å². The van der Waals surface area contributed by atoms with Crippen molar-refractivity contribution in [1.29, 1.82) is 0 Å². The van der Waals surface area contributed by atoms with E-state index in [-0.39, 0.29) is 17.8 Å². The van der Waals surface area contributed by atoms with Crippen molar-refractivity contribution in [3.63, 3.8) is 0 Å². The molecule has 0 unspecified atom stereocenters. The van der Waals surface area contributed by atoms with E-state index >= 15 is 0 Å². The SMILES string of the molecule is O=C(O)[C@@H](Cc1cccc(CN(Cc2nc3ccc(C[C@H](C(=O)O)[C@H]4CCNC4)cc3[nH]2)Cc2nc3ccc(C[C@H](C(=O)O)[C@H]4CCNC4)cc3[nH]2)c1)[C@H]1CCNC1. The number of H-pyrrole nitrogens is 2. The normalized spacial score (nSPS) is 21.2. The number of fused-ring (bicyclic) bond motifs is 2. The maximum atomic E-state index is 12.3. The van der Waals surface area contributed by atoms with E-state index in [2.05, 4.69) is 43.0 Å². The Kier molecular flexibility index (Phi) is 12.2. The van der Waals surface area contributed by atoms with Crippen molar-refractivity contribution in [3.8, 4) is 0 Å². The van der Waals surface area contributed by atoms with Crippen LogP contribution in [0, 0.1) is 35.5 Å². The van der Waals surface area contributed by atoms with Gasteiger partial charge in [-0.05, 0) is 142 Å². The van der Waals surface area contributed by atoms with E-state index in [9.17, 15) is 29.7 Å². The molecule has 0 bridgehead atoms. The fourth-order valence-corrected chi connectivity index (χ4v) is 9.52. The molecule has 0 spiro atoms. The van der Waals surface area contributed by atoms with Gasteiger partial charge in [0.2, 0.25) is 0 Å². The molecule has 0 radical (unpaired) electrons. The summed E-state index contributed by atoms with van der Waals surface area (Å²) in [6.45, 7) is 6.18. The first-order valence-electron chi connectivity index (χ1n) is 20.7. The summed E-state index contributed by atoms with van der Waals surface area (Å²) in [6.07, 6.45) is 3.96. The molecule has 8 rings (SSSR count). The Morgan fingerprint density at radius 3 is 1.38 bits per heavy atom. The molecule has 3 aromatic carbocycles. The molecule has 6 atom stereocenters. The van der Waals surface area contributed by atoms with Gasteiger partial charge < -0.3 is 41.2 Å².